The second-order valence-electron chi connectivity index (χ2n) is 10.4. The maximum atomic E-state index is 12.7. The highest BCUT2D eigenvalue weighted by Gasteiger charge is 2.27. The van der Waals surface area contributed by atoms with E-state index in [0.29, 0.717) is 6.61 Å². The molecule has 0 saturated heterocycles. The zero-order valence-corrected chi connectivity index (χ0v) is 22.6. The summed E-state index contributed by atoms with van der Waals surface area (Å²) >= 11 is 6.35. The minimum atomic E-state index is -0.827. The van der Waals surface area contributed by atoms with Crippen LogP contribution in [0, 0.1) is 0 Å². The first-order chi connectivity index (χ1) is 17.5. The van der Waals surface area contributed by atoms with Gasteiger partial charge in [-0.3, -0.25) is 4.79 Å². The van der Waals surface area contributed by atoms with Crippen LogP contribution in [0.5, 0.6) is 5.75 Å². The van der Waals surface area contributed by atoms with Gasteiger partial charge in [0.2, 0.25) is 5.91 Å². The molecule has 2 bridgehead atoms. The van der Waals surface area contributed by atoms with Gasteiger partial charge < -0.3 is 19.6 Å². The third-order valence-electron chi connectivity index (χ3n) is 7.62. The van der Waals surface area contributed by atoms with Crippen molar-refractivity contribution >= 4 is 23.2 Å². The van der Waals surface area contributed by atoms with Gasteiger partial charge in [-0.1, -0.05) is 62.8 Å². The van der Waals surface area contributed by atoms with Gasteiger partial charge in [-0.2, -0.15) is 0 Å². The number of aryl methyl sites for hydroxylation is 1. The molecule has 0 radical (unpaired) electrons. The highest BCUT2D eigenvalue weighted by Crippen LogP contribution is 2.38. The highest BCUT2D eigenvalue weighted by molar-refractivity contribution is 6.30. The quantitative estimate of drug-likeness (QED) is 0.509. The Morgan fingerprint density at radius 3 is 2.56 bits per heavy atom. The van der Waals surface area contributed by atoms with Gasteiger partial charge in [0.15, 0.2) is 0 Å². The second-order valence-corrected chi connectivity index (χ2v) is 10.9. The largest absolute Gasteiger partial charge is 0.491 e. The number of hydrogen-bond acceptors (Lipinski definition) is 4. The number of carbonyl (C=O) groups excluding carboxylic acids is 1. The fourth-order valence-electron chi connectivity index (χ4n) is 5.50. The Hall–Kier alpha value is -2.24. The molecule has 36 heavy (non-hydrogen) atoms. The predicted molar refractivity (Wildman–Crippen MR) is 147 cm³/mol. The number of halogens is 1. The van der Waals surface area contributed by atoms with Crippen molar-refractivity contribution in [2.75, 3.05) is 38.2 Å². The van der Waals surface area contributed by atoms with E-state index < -0.39 is 6.10 Å². The van der Waals surface area contributed by atoms with Gasteiger partial charge in [0.1, 0.15) is 5.75 Å². The SMILES string of the molecule is CCCc1cc(Cl)ccc1C1COc2ccc3cc2N(CCCCCCCCN(C)C(=O)CC3O)C1. The van der Waals surface area contributed by atoms with Crippen molar-refractivity contribution in [3.63, 3.8) is 0 Å². The summed E-state index contributed by atoms with van der Waals surface area (Å²) in [5, 5.41) is 11.7. The molecule has 2 aromatic carbocycles. The minimum Gasteiger partial charge on any atom is -0.491 e. The minimum absolute atomic E-state index is 0.0103. The summed E-state index contributed by atoms with van der Waals surface area (Å²) in [6.45, 7) is 5.36. The van der Waals surface area contributed by atoms with Crippen molar-refractivity contribution in [3.8, 4) is 5.75 Å². The normalized spacial score (nSPS) is 22.2. The summed E-state index contributed by atoms with van der Waals surface area (Å²) in [7, 11) is 1.84. The van der Waals surface area contributed by atoms with E-state index in [1.54, 1.807) is 4.90 Å². The number of nitrogens with zero attached hydrogens (tertiary/aromatic N) is 2. The van der Waals surface area contributed by atoms with E-state index in [1.165, 1.54) is 30.4 Å². The Labute approximate surface area is 221 Å². The molecule has 2 unspecified atom stereocenters. The van der Waals surface area contributed by atoms with E-state index in [4.69, 9.17) is 16.3 Å². The molecule has 6 heteroatoms. The summed E-state index contributed by atoms with van der Waals surface area (Å²) in [6, 6.07) is 12.2. The van der Waals surface area contributed by atoms with Gasteiger partial charge >= 0.3 is 0 Å². The summed E-state index contributed by atoms with van der Waals surface area (Å²) in [5.41, 5.74) is 4.41. The Morgan fingerprint density at radius 1 is 1.03 bits per heavy atom. The van der Waals surface area contributed by atoms with Crippen LogP contribution < -0.4 is 9.64 Å². The van der Waals surface area contributed by atoms with Gasteiger partial charge in [-0.25, -0.2) is 0 Å². The molecule has 0 aromatic heterocycles. The number of aliphatic hydroxyl groups excluding tert-OH is 1. The molecule has 1 amide bonds. The molecule has 0 aliphatic carbocycles. The third kappa shape index (κ3) is 6.74. The van der Waals surface area contributed by atoms with Crippen molar-refractivity contribution in [2.45, 2.75) is 76.7 Å². The van der Waals surface area contributed by atoms with Crippen LogP contribution in [0.15, 0.2) is 36.4 Å². The lowest BCUT2D eigenvalue weighted by Gasteiger charge is -2.28. The summed E-state index contributed by atoms with van der Waals surface area (Å²) in [4.78, 5) is 16.9. The first-order valence-corrected chi connectivity index (χ1v) is 14.1. The molecule has 1 N–H and O–H groups in total. The molecule has 0 spiro atoms. The molecule has 2 aromatic rings. The molecule has 2 atom stereocenters. The van der Waals surface area contributed by atoms with Crippen LogP contribution in [0.2, 0.25) is 5.02 Å². The van der Waals surface area contributed by atoms with Crippen molar-refractivity contribution in [1.29, 1.82) is 0 Å². The Kier molecular flexibility index (Phi) is 9.55. The highest BCUT2D eigenvalue weighted by atomic mass is 35.5. The average Bonchev–Trinajstić information content (AvgIpc) is 3.04. The molecule has 0 saturated carbocycles. The van der Waals surface area contributed by atoms with E-state index in [0.717, 1.165) is 73.8 Å². The number of anilines is 1. The molecule has 196 valence electrons. The van der Waals surface area contributed by atoms with Gasteiger partial charge in [-0.15, -0.1) is 0 Å². The van der Waals surface area contributed by atoms with E-state index in [2.05, 4.69) is 24.0 Å². The maximum absolute atomic E-state index is 12.7. The topological polar surface area (TPSA) is 53.0 Å². The number of hydrogen-bond donors (Lipinski definition) is 1. The standard InChI is InChI=1S/C30H41ClN2O3/c1-3-10-22-17-25(31)12-13-26(22)24-20-33-16-9-7-5-4-6-8-15-32(2)30(35)19-28(34)23-11-14-29(36-21-24)27(33)18-23/h11-14,17-18,24,28,34H,3-10,15-16,19-21H2,1-2H3. The zero-order chi connectivity index (χ0) is 25.5. The van der Waals surface area contributed by atoms with Gasteiger partial charge in [-0.05, 0) is 60.2 Å². The number of amides is 1. The Bertz CT molecular complexity index is 1030. The van der Waals surface area contributed by atoms with Crippen LogP contribution in [0.25, 0.3) is 0 Å². The van der Waals surface area contributed by atoms with E-state index in [1.807, 2.05) is 31.3 Å². The monoisotopic (exact) mass is 512 g/mol. The number of rotatable bonds is 3. The zero-order valence-electron chi connectivity index (χ0n) is 21.8. The summed E-state index contributed by atoms with van der Waals surface area (Å²) in [5.74, 6) is 1.07. The van der Waals surface area contributed by atoms with Crippen LogP contribution in [0.4, 0.5) is 5.69 Å². The maximum Gasteiger partial charge on any atom is 0.225 e. The Morgan fingerprint density at radius 2 is 1.78 bits per heavy atom. The van der Waals surface area contributed by atoms with Gasteiger partial charge in [0, 0.05) is 37.6 Å². The fourth-order valence-corrected chi connectivity index (χ4v) is 5.69. The first kappa shape index (κ1) is 26.8. The van der Waals surface area contributed by atoms with E-state index in [-0.39, 0.29) is 18.2 Å². The third-order valence-corrected chi connectivity index (χ3v) is 7.85. The first-order valence-electron chi connectivity index (χ1n) is 13.7. The number of fused-ring (bicyclic) bond motifs is 1. The average molecular weight is 513 g/mol. The van der Waals surface area contributed by atoms with Crippen LogP contribution in [-0.2, 0) is 11.2 Å². The second kappa shape index (κ2) is 12.8. The summed E-state index contributed by atoms with van der Waals surface area (Å²) in [6.07, 6.45) is 8.23. The van der Waals surface area contributed by atoms with E-state index in [9.17, 15) is 9.90 Å². The van der Waals surface area contributed by atoms with Crippen molar-refractivity contribution in [2.24, 2.45) is 0 Å². The fraction of sp³-hybridized carbons (Fsp3) is 0.567. The van der Waals surface area contributed by atoms with E-state index >= 15 is 0 Å². The number of aliphatic hydroxyl groups is 1. The van der Waals surface area contributed by atoms with Crippen LogP contribution in [0.3, 0.4) is 0 Å². The Balaban J connectivity index is 1.64. The molecule has 2 heterocycles. The smallest absolute Gasteiger partial charge is 0.225 e. The van der Waals surface area contributed by atoms with Crippen molar-refractivity contribution in [1.82, 2.24) is 4.90 Å². The van der Waals surface area contributed by atoms with Crippen LogP contribution in [-0.4, -0.2) is 49.2 Å². The molecular weight excluding hydrogens is 472 g/mol. The van der Waals surface area contributed by atoms with Gasteiger partial charge in [0.25, 0.3) is 0 Å². The van der Waals surface area contributed by atoms with Crippen LogP contribution >= 0.6 is 11.6 Å². The number of benzene rings is 2. The lowest BCUT2D eigenvalue weighted by atomic mass is 9.92. The molecular formula is C30H41ClN2O3. The van der Waals surface area contributed by atoms with Crippen LogP contribution in [0.1, 0.15) is 87.0 Å². The van der Waals surface area contributed by atoms with Crippen molar-refractivity contribution in [3.05, 3.63) is 58.1 Å². The number of ether oxygens (including phenoxy) is 1. The van der Waals surface area contributed by atoms with Crippen molar-refractivity contribution < 1.29 is 14.6 Å². The lowest BCUT2D eigenvalue weighted by molar-refractivity contribution is -0.132. The molecule has 2 aliphatic heterocycles. The summed E-state index contributed by atoms with van der Waals surface area (Å²) < 4.78 is 6.39. The molecule has 5 nitrogen and oxygen atoms in total. The lowest BCUT2D eigenvalue weighted by Crippen LogP contribution is -2.30. The predicted octanol–water partition coefficient (Wildman–Crippen LogP) is 6.51. The number of carbonyl (C=O) groups is 1. The molecule has 2 aliphatic rings. The van der Waals surface area contributed by atoms with Gasteiger partial charge in [0.05, 0.1) is 24.8 Å². The molecule has 4 rings (SSSR count). The molecule has 0 fully saturated rings.